The molecule has 0 bridgehead atoms. The van der Waals surface area contributed by atoms with Gasteiger partial charge < -0.3 is 10.0 Å². The van der Waals surface area contributed by atoms with Crippen LogP contribution < -0.4 is 0 Å². The number of fused-ring (bicyclic) bond motifs is 3. The highest BCUT2D eigenvalue weighted by Crippen LogP contribution is 2.40. The summed E-state index contributed by atoms with van der Waals surface area (Å²) in [7, 11) is 0. The van der Waals surface area contributed by atoms with Gasteiger partial charge in [0, 0.05) is 17.8 Å². The molecule has 4 nitrogen and oxygen atoms in total. The third kappa shape index (κ3) is 2.33. The summed E-state index contributed by atoms with van der Waals surface area (Å²) in [6, 6.07) is 10.0. The van der Waals surface area contributed by atoms with Gasteiger partial charge in [0.15, 0.2) is 0 Å². The van der Waals surface area contributed by atoms with Crippen LogP contribution in [0.15, 0.2) is 30.3 Å². The van der Waals surface area contributed by atoms with E-state index in [-0.39, 0.29) is 25.4 Å². The van der Waals surface area contributed by atoms with Crippen LogP contribution in [0.5, 0.6) is 0 Å². The van der Waals surface area contributed by atoms with Crippen molar-refractivity contribution in [3.63, 3.8) is 0 Å². The third-order valence-electron chi connectivity index (χ3n) is 4.84. The molecule has 1 atom stereocenters. The van der Waals surface area contributed by atoms with Crippen LogP contribution in [0.2, 0.25) is 0 Å². The monoisotopic (exact) mass is 345 g/mol. The van der Waals surface area contributed by atoms with Crippen molar-refractivity contribution in [2.75, 3.05) is 13.1 Å². The molecule has 1 saturated heterocycles. The Morgan fingerprint density at radius 1 is 1.21 bits per heavy atom. The Labute approximate surface area is 142 Å². The highest BCUT2D eigenvalue weighted by molar-refractivity contribution is 7.17. The largest absolute Gasteiger partial charge is 0.479 e. The molecule has 1 unspecified atom stereocenters. The van der Waals surface area contributed by atoms with Gasteiger partial charge in [-0.15, -0.1) is 11.3 Å². The van der Waals surface area contributed by atoms with Crippen LogP contribution in [0.25, 0.3) is 10.4 Å². The smallest absolute Gasteiger partial charge is 0.343 e. The van der Waals surface area contributed by atoms with Crippen LogP contribution in [0.1, 0.15) is 27.2 Å². The van der Waals surface area contributed by atoms with Gasteiger partial charge in [0.05, 0.1) is 11.4 Å². The Balaban J connectivity index is 1.62. The van der Waals surface area contributed by atoms with E-state index >= 15 is 0 Å². The molecule has 0 saturated carbocycles. The molecule has 1 N–H and O–H groups in total. The molecule has 124 valence electrons. The number of benzene rings is 1. The minimum atomic E-state index is -2.32. The SMILES string of the molecule is O=C(c1cc2c(s1)-c1ccccc1CC2)N1CCC(F)(C(=O)O)C1. The van der Waals surface area contributed by atoms with Crippen LogP contribution in [0.3, 0.4) is 0 Å². The van der Waals surface area contributed by atoms with Crippen molar-refractivity contribution in [3.05, 3.63) is 46.3 Å². The van der Waals surface area contributed by atoms with Gasteiger partial charge in [-0.1, -0.05) is 24.3 Å². The summed E-state index contributed by atoms with van der Waals surface area (Å²) in [6.07, 6.45) is 1.68. The van der Waals surface area contributed by atoms with E-state index in [4.69, 9.17) is 5.11 Å². The molecule has 2 aliphatic rings. The number of thiophene rings is 1. The molecule has 0 spiro atoms. The quantitative estimate of drug-likeness (QED) is 0.910. The van der Waals surface area contributed by atoms with Crippen molar-refractivity contribution in [2.24, 2.45) is 0 Å². The predicted octanol–water partition coefficient (Wildman–Crippen LogP) is 3.15. The van der Waals surface area contributed by atoms with Gasteiger partial charge in [0.25, 0.3) is 5.91 Å². The minimum Gasteiger partial charge on any atom is -0.479 e. The van der Waals surface area contributed by atoms with Crippen molar-refractivity contribution in [2.45, 2.75) is 24.9 Å². The van der Waals surface area contributed by atoms with Crippen LogP contribution in [0, 0.1) is 0 Å². The van der Waals surface area contributed by atoms with Crippen LogP contribution in [-0.4, -0.2) is 40.6 Å². The lowest BCUT2D eigenvalue weighted by Crippen LogP contribution is -2.38. The number of hydrogen-bond acceptors (Lipinski definition) is 3. The second-order valence-electron chi connectivity index (χ2n) is 6.37. The lowest BCUT2D eigenvalue weighted by Gasteiger charge is -2.16. The second-order valence-corrected chi connectivity index (χ2v) is 7.42. The van der Waals surface area contributed by atoms with Crippen molar-refractivity contribution in [3.8, 4) is 10.4 Å². The van der Waals surface area contributed by atoms with Gasteiger partial charge in [-0.3, -0.25) is 4.79 Å². The normalized spacial score (nSPS) is 22.1. The van der Waals surface area contributed by atoms with Crippen LogP contribution in [0.4, 0.5) is 4.39 Å². The first kappa shape index (κ1) is 15.3. The van der Waals surface area contributed by atoms with E-state index < -0.39 is 11.6 Å². The summed E-state index contributed by atoms with van der Waals surface area (Å²) >= 11 is 1.42. The molecule has 1 aromatic heterocycles. The number of carboxylic acid groups (broad SMARTS) is 1. The Morgan fingerprint density at radius 2 is 1.96 bits per heavy atom. The summed E-state index contributed by atoms with van der Waals surface area (Å²) in [6.45, 7) is -0.235. The Morgan fingerprint density at radius 3 is 2.71 bits per heavy atom. The topological polar surface area (TPSA) is 57.6 Å². The van der Waals surface area contributed by atoms with E-state index in [1.54, 1.807) is 0 Å². The summed E-state index contributed by atoms with van der Waals surface area (Å²) in [4.78, 5) is 26.7. The standard InChI is InChI=1S/C18H16FNO3S/c19-18(17(22)23)7-8-20(10-18)16(21)14-9-12-6-5-11-3-1-2-4-13(11)15(12)24-14/h1-4,9H,5-8,10H2,(H,22,23). The summed E-state index contributed by atoms with van der Waals surface area (Å²) in [5.41, 5.74) is 1.26. The number of alkyl halides is 1. The van der Waals surface area contributed by atoms with E-state index in [0.717, 1.165) is 28.8 Å². The molecule has 1 aliphatic carbocycles. The summed E-state index contributed by atoms with van der Waals surface area (Å²) in [5, 5.41) is 8.97. The maximum Gasteiger partial charge on any atom is 0.343 e. The second kappa shape index (κ2) is 5.41. The maximum atomic E-state index is 14.2. The number of carbonyl (C=O) groups excluding carboxylic acids is 1. The Hall–Kier alpha value is -2.21. The number of aryl methyl sites for hydroxylation is 2. The van der Waals surface area contributed by atoms with E-state index in [1.807, 2.05) is 18.2 Å². The molecule has 1 fully saturated rings. The molecule has 24 heavy (non-hydrogen) atoms. The molecule has 1 amide bonds. The number of carboxylic acids is 1. The molecule has 6 heteroatoms. The first-order valence-electron chi connectivity index (χ1n) is 7.90. The molecule has 0 radical (unpaired) electrons. The fourth-order valence-corrected chi connectivity index (χ4v) is 4.69. The van der Waals surface area contributed by atoms with Crippen molar-refractivity contribution < 1.29 is 19.1 Å². The highest BCUT2D eigenvalue weighted by Gasteiger charge is 2.47. The zero-order valence-corrected chi connectivity index (χ0v) is 13.7. The molecular weight excluding hydrogens is 329 g/mol. The fraction of sp³-hybridized carbons (Fsp3) is 0.333. The summed E-state index contributed by atoms with van der Waals surface area (Å²) in [5.74, 6) is -1.76. The lowest BCUT2D eigenvalue weighted by molar-refractivity contribution is -0.149. The minimum absolute atomic E-state index is 0.140. The molecule has 1 aliphatic heterocycles. The first-order valence-corrected chi connectivity index (χ1v) is 8.72. The lowest BCUT2D eigenvalue weighted by atomic mass is 9.91. The predicted molar refractivity (Wildman–Crippen MR) is 89.2 cm³/mol. The van der Waals surface area contributed by atoms with Crippen LogP contribution in [-0.2, 0) is 17.6 Å². The van der Waals surface area contributed by atoms with E-state index in [2.05, 4.69) is 12.1 Å². The van der Waals surface area contributed by atoms with Crippen molar-refractivity contribution in [1.29, 1.82) is 0 Å². The van der Waals surface area contributed by atoms with E-state index in [1.165, 1.54) is 21.8 Å². The zero-order chi connectivity index (χ0) is 16.9. The number of nitrogens with zero attached hydrogens (tertiary/aromatic N) is 1. The fourth-order valence-electron chi connectivity index (χ4n) is 3.45. The highest BCUT2D eigenvalue weighted by atomic mass is 32.1. The zero-order valence-electron chi connectivity index (χ0n) is 12.9. The average molecular weight is 345 g/mol. The van der Waals surface area contributed by atoms with E-state index in [0.29, 0.717) is 4.88 Å². The number of rotatable bonds is 2. The van der Waals surface area contributed by atoms with Gasteiger partial charge in [-0.2, -0.15) is 0 Å². The van der Waals surface area contributed by atoms with Gasteiger partial charge in [-0.05, 0) is 35.6 Å². The molecule has 4 rings (SSSR count). The number of amides is 1. The molecule has 2 heterocycles. The van der Waals surface area contributed by atoms with Gasteiger partial charge in [0.1, 0.15) is 0 Å². The number of hydrogen-bond donors (Lipinski definition) is 1. The van der Waals surface area contributed by atoms with Gasteiger partial charge in [0.2, 0.25) is 5.67 Å². The molecule has 2 aromatic rings. The van der Waals surface area contributed by atoms with E-state index in [9.17, 15) is 14.0 Å². The number of likely N-dealkylation sites (tertiary alicyclic amines) is 1. The molecular formula is C18H16FNO3S. The summed E-state index contributed by atoms with van der Waals surface area (Å²) < 4.78 is 14.2. The number of carbonyl (C=O) groups is 2. The van der Waals surface area contributed by atoms with Gasteiger partial charge in [-0.25, -0.2) is 9.18 Å². The third-order valence-corrected chi connectivity index (χ3v) is 6.03. The number of halogens is 1. The molecule has 1 aromatic carbocycles. The van der Waals surface area contributed by atoms with Gasteiger partial charge >= 0.3 is 5.97 Å². The first-order chi connectivity index (χ1) is 11.5. The maximum absolute atomic E-state index is 14.2. The van der Waals surface area contributed by atoms with Crippen molar-refractivity contribution in [1.82, 2.24) is 4.90 Å². The van der Waals surface area contributed by atoms with Crippen LogP contribution >= 0.6 is 11.3 Å². The average Bonchev–Trinajstić information content (AvgIpc) is 3.19. The number of aliphatic carboxylic acids is 1. The van der Waals surface area contributed by atoms with Crippen molar-refractivity contribution >= 4 is 23.2 Å². The Kier molecular flexibility index (Phi) is 3.46. The Bertz CT molecular complexity index is 847.